The lowest BCUT2D eigenvalue weighted by Gasteiger charge is -2.07. The second-order valence-corrected chi connectivity index (χ2v) is 5.19. The number of nitrogens with one attached hydrogen (secondary N) is 2. The van der Waals surface area contributed by atoms with Crippen LogP contribution in [0, 0.1) is 6.92 Å². The molecule has 8 heteroatoms. The molecule has 0 bridgehead atoms. The summed E-state index contributed by atoms with van der Waals surface area (Å²) >= 11 is 0. The van der Waals surface area contributed by atoms with Crippen molar-refractivity contribution in [3.8, 4) is 5.69 Å². The second-order valence-electron chi connectivity index (χ2n) is 5.19. The minimum atomic E-state index is -0.618. The van der Waals surface area contributed by atoms with Crippen molar-refractivity contribution in [2.45, 2.75) is 6.92 Å². The molecular weight excluding hydrogens is 310 g/mol. The van der Waals surface area contributed by atoms with Crippen molar-refractivity contribution in [2.24, 2.45) is 7.05 Å². The van der Waals surface area contributed by atoms with Gasteiger partial charge in [-0.15, -0.1) is 0 Å². The molecule has 24 heavy (non-hydrogen) atoms. The van der Waals surface area contributed by atoms with Crippen LogP contribution in [-0.2, 0) is 7.05 Å². The lowest BCUT2D eigenvalue weighted by atomic mass is 10.3. The summed E-state index contributed by atoms with van der Waals surface area (Å²) in [6.45, 7) is 1.72. The van der Waals surface area contributed by atoms with E-state index in [4.69, 9.17) is 0 Å². The maximum absolute atomic E-state index is 12.7. The third-order valence-electron chi connectivity index (χ3n) is 3.70. The smallest absolute Gasteiger partial charge is 0.295 e. The standard InChI is InChI=1S/C16H15N5O3/c1-10-14(19-15(23)12-8-13(22)18-9-17-12)16(24)21(20(10)2)11-6-4-3-5-7-11/h3-9H,1-2H3,(H,19,23)(H,17,18,22). The van der Waals surface area contributed by atoms with Gasteiger partial charge in [-0.25, -0.2) is 9.67 Å². The third kappa shape index (κ3) is 2.65. The van der Waals surface area contributed by atoms with E-state index >= 15 is 0 Å². The molecule has 0 saturated heterocycles. The number of hydrogen-bond acceptors (Lipinski definition) is 4. The fourth-order valence-corrected chi connectivity index (χ4v) is 2.38. The average Bonchev–Trinajstić information content (AvgIpc) is 2.79. The topological polar surface area (TPSA) is 102 Å². The molecule has 0 spiro atoms. The minimum absolute atomic E-state index is 0.0623. The van der Waals surface area contributed by atoms with E-state index in [1.807, 2.05) is 18.2 Å². The summed E-state index contributed by atoms with van der Waals surface area (Å²) < 4.78 is 3.11. The van der Waals surface area contributed by atoms with Gasteiger partial charge < -0.3 is 10.3 Å². The van der Waals surface area contributed by atoms with Gasteiger partial charge in [0.15, 0.2) is 0 Å². The number of H-pyrrole nitrogens is 1. The number of hydrogen-bond donors (Lipinski definition) is 2. The number of rotatable bonds is 3. The van der Waals surface area contributed by atoms with Crippen molar-refractivity contribution in [3.63, 3.8) is 0 Å². The van der Waals surface area contributed by atoms with Gasteiger partial charge in [0.05, 0.1) is 17.7 Å². The molecule has 2 heterocycles. The van der Waals surface area contributed by atoms with Gasteiger partial charge in [0.25, 0.3) is 17.0 Å². The number of amides is 1. The van der Waals surface area contributed by atoms with Crippen LogP contribution < -0.4 is 16.4 Å². The SMILES string of the molecule is Cc1c(NC(=O)c2cc(=O)[nH]cn2)c(=O)n(-c2ccccc2)n1C. The van der Waals surface area contributed by atoms with Gasteiger partial charge in [0.1, 0.15) is 11.4 Å². The van der Waals surface area contributed by atoms with Crippen LogP contribution in [0.5, 0.6) is 0 Å². The zero-order valence-electron chi connectivity index (χ0n) is 13.1. The quantitative estimate of drug-likeness (QED) is 0.744. The Morgan fingerprint density at radius 1 is 1.21 bits per heavy atom. The van der Waals surface area contributed by atoms with Gasteiger partial charge in [0.2, 0.25) is 0 Å². The molecule has 0 fully saturated rings. The molecule has 0 saturated carbocycles. The Hall–Kier alpha value is -3.42. The zero-order chi connectivity index (χ0) is 17.3. The fraction of sp³-hybridized carbons (Fsp3) is 0.125. The van der Waals surface area contributed by atoms with Crippen molar-refractivity contribution in [1.82, 2.24) is 19.3 Å². The molecule has 0 aliphatic rings. The summed E-state index contributed by atoms with van der Waals surface area (Å²) in [4.78, 5) is 42.3. The minimum Gasteiger partial charge on any atom is -0.314 e. The number of aromatic amines is 1. The van der Waals surface area contributed by atoms with E-state index in [1.54, 1.807) is 30.8 Å². The van der Waals surface area contributed by atoms with E-state index in [2.05, 4.69) is 15.3 Å². The third-order valence-corrected chi connectivity index (χ3v) is 3.70. The molecule has 122 valence electrons. The van der Waals surface area contributed by atoms with Gasteiger partial charge in [-0.1, -0.05) is 18.2 Å². The highest BCUT2D eigenvalue weighted by Crippen LogP contribution is 2.14. The molecule has 0 unspecified atom stereocenters. The van der Waals surface area contributed by atoms with Crippen LogP contribution in [0.3, 0.4) is 0 Å². The summed E-state index contributed by atoms with van der Waals surface area (Å²) in [5, 5.41) is 2.54. The molecule has 2 N–H and O–H groups in total. The van der Waals surface area contributed by atoms with Crippen molar-refractivity contribution in [2.75, 3.05) is 5.32 Å². The average molecular weight is 325 g/mol. The van der Waals surface area contributed by atoms with Crippen LogP contribution in [0.1, 0.15) is 16.2 Å². The number of anilines is 1. The molecule has 3 aromatic rings. The summed E-state index contributed by atoms with van der Waals surface area (Å²) in [5.41, 5.74) is 0.548. The van der Waals surface area contributed by atoms with E-state index in [-0.39, 0.29) is 16.9 Å². The van der Waals surface area contributed by atoms with Crippen molar-refractivity contribution >= 4 is 11.6 Å². The first-order chi connectivity index (χ1) is 11.5. The maximum atomic E-state index is 12.7. The van der Waals surface area contributed by atoms with E-state index in [1.165, 1.54) is 4.68 Å². The number of nitrogens with zero attached hydrogens (tertiary/aromatic N) is 3. The number of carbonyl (C=O) groups is 1. The molecule has 3 rings (SSSR count). The highest BCUT2D eigenvalue weighted by molar-refractivity contribution is 6.03. The zero-order valence-corrected chi connectivity index (χ0v) is 13.1. The summed E-state index contributed by atoms with van der Waals surface area (Å²) in [7, 11) is 1.73. The Morgan fingerprint density at radius 2 is 1.92 bits per heavy atom. The van der Waals surface area contributed by atoms with Crippen molar-refractivity contribution in [3.05, 3.63) is 74.8 Å². The summed E-state index contributed by atoms with van der Waals surface area (Å²) in [5.74, 6) is -0.618. The number of para-hydroxylation sites is 1. The lowest BCUT2D eigenvalue weighted by Crippen LogP contribution is -2.24. The van der Waals surface area contributed by atoms with Crippen LogP contribution >= 0.6 is 0 Å². The van der Waals surface area contributed by atoms with Crippen LogP contribution in [-0.4, -0.2) is 25.2 Å². The van der Waals surface area contributed by atoms with Crippen LogP contribution in [0.4, 0.5) is 5.69 Å². The largest absolute Gasteiger partial charge is 0.314 e. The van der Waals surface area contributed by atoms with Crippen LogP contribution in [0.2, 0.25) is 0 Å². The van der Waals surface area contributed by atoms with Gasteiger partial charge in [-0.3, -0.25) is 19.1 Å². The van der Waals surface area contributed by atoms with Crippen LogP contribution in [0.15, 0.2) is 52.3 Å². The Balaban J connectivity index is 2.03. The number of aromatic nitrogens is 4. The molecule has 1 amide bonds. The van der Waals surface area contributed by atoms with Gasteiger partial charge >= 0.3 is 0 Å². The highest BCUT2D eigenvalue weighted by Gasteiger charge is 2.19. The van der Waals surface area contributed by atoms with E-state index in [0.29, 0.717) is 11.4 Å². The molecule has 0 radical (unpaired) electrons. The Labute approximate surface area is 136 Å². The van der Waals surface area contributed by atoms with Crippen molar-refractivity contribution < 1.29 is 4.79 Å². The van der Waals surface area contributed by atoms with Crippen molar-refractivity contribution in [1.29, 1.82) is 0 Å². The first-order valence-electron chi connectivity index (χ1n) is 7.19. The maximum Gasteiger partial charge on any atom is 0.295 e. The molecule has 8 nitrogen and oxygen atoms in total. The number of benzene rings is 1. The van der Waals surface area contributed by atoms with E-state index in [0.717, 1.165) is 12.4 Å². The van der Waals surface area contributed by atoms with Crippen LogP contribution in [0.25, 0.3) is 5.69 Å². The molecule has 0 aliphatic heterocycles. The monoisotopic (exact) mass is 325 g/mol. The first kappa shape index (κ1) is 15.5. The number of carbonyl (C=O) groups excluding carboxylic acids is 1. The summed E-state index contributed by atoms with van der Waals surface area (Å²) in [6.07, 6.45) is 1.14. The lowest BCUT2D eigenvalue weighted by molar-refractivity contribution is 0.102. The fourth-order valence-electron chi connectivity index (χ4n) is 2.38. The Morgan fingerprint density at radius 3 is 2.58 bits per heavy atom. The normalized spacial score (nSPS) is 10.6. The highest BCUT2D eigenvalue weighted by atomic mass is 16.2. The van der Waals surface area contributed by atoms with Gasteiger partial charge in [-0.2, -0.15) is 0 Å². The van der Waals surface area contributed by atoms with Gasteiger partial charge in [-0.05, 0) is 19.1 Å². The van der Waals surface area contributed by atoms with E-state index in [9.17, 15) is 14.4 Å². The molecule has 2 aromatic heterocycles. The predicted molar refractivity (Wildman–Crippen MR) is 88.6 cm³/mol. The predicted octanol–water partition coefficient (Wildman–Crippen LogP) is 0.820. The van der Waals surface area contributed by atoms with Gasteiger partial charge in [0, 0.05) is 13.1 Å². The second kappa shape index (κ2) is 5.99. The molecule has 1 aromatic carbocycles. The summed E-state index contributed by atoms with van der Waals surface area (Å²) in [6, 6.07) is 10.2. The molecular formula is C16H15N5O3. The first-order valence-corrected chi connectivity index (χ1v) is 7.19. The Bertz CT molecular complexity index is 1010. The van der Waals surface area contributed by atoms with E-state index < -0.39 is 11.5 Å². The Kier molecular flexibility index (Phi) is 3.87. The molecule has 0 atom stereocenters. The molecule has 0 aliphatic carbocycles.